The Hall–Kier alpha value is -2.17. The third-order valence-corrected chi connectivity index (χ3v) is 10.6. The molecule has 0 aromatic heterocycles. The third kappa shape index (κ3) is 4.01. The number of nitrogens with zero attached hydrogens (tertiary/aromatic N) is 1. The minimum Gasteiger partial charge on any atom is -0.351 e. The summed E-state index contributed by atoms with van der Waals surface area (Å²) in [6, 6.07) is 7.61. The van der Waals surface area contributed by atoms with E-state index in [1.165, 1.54) is 0 Å². The first-order chi connectivity index (χ1) is 16.8. The molecule has 1 saturated heterocycles. The number of benzene rings is 1. The minimum absolute atomic E-state index is 0.0112. The summed E-state index contributed by atoms with van der Waals surface area (Å²) in [5, 5.41) is 3.27. The molecule has 0 bridgehead atoms. The molecule has 3 saturated carbocycles. The lowest BCUT2D eigenvalue weighted by Crippen LogP contribution is -2.63. The molecule has 196 valence electrons. The second-order valence-electron chi connectivity index (χ2n) is 13.8. The molecule has 36 heavy (non-hydrogen) atoms. The lowest BCUT2D eigenvalue weighted by molar-refractivity contribution is -0.157. The van der Waals surface area contributed by atoms with Crippen molar-refractivity contribution in [1.82, 2.24) is 10.2 Å². The van der Waals surface area contributed by atoms with Crippen molar-refractivity contribution in [3.8, 4) is 0 Å². The van der Waals surface area contributed by atoms with Gasteiger partial charge in [0.1, 0.15) is 0 Å². The van der Waals surface area contributed by atoms with Gasteiger partial charge in [-0.3, -0.25) is 19.3 Å². The Bertz CT molecular complexity index is 1070. The summed E-state index contributed by atoms with van der Waals surface area (Å²) in [4.78, 5) is 41.8. The van der Waals surface area contributed by atoms with E-state index in [0.29, 0.717) is 29.7 Å². The van der Waals surface area contributed by atoms with Crippen LogP contribution in [0.5, 0.6) is 0 Å². The lowest BCUT2D eigenvalue weighted by atomic mass is 9.46. The van der Waals surface area contributed by atoms with Crippen LogP contribution < -0.4 is 5.32 Å². The second kappa shape index (κ2) is 8.70. The van der Waals surface area contributed by atoms with Crippen molar-refractivity contribution in [2.45, 2.75) is 104 Å². The summed E-state index contributed by atoms with van der Waals surface area (Å²) in [6.07, 6.45) is 7.48. The van der Waals surface area contributed by atoms with E-state index in [0.717, 1.165) is 50.5 Å². The van der Waals surface area contributed by atoms with Crippen molar-refractivity contribution < 1.29 is 14.4 Å². The first-order valence-corrected chi connectivity index (χ1v) is 14.1. The summed E-state index contributed by atoms with van der Waals surface area (Å²) < 4.78 is 0. The van der Waals surface area contributed by atoms with Crippen LogP contribution in [-0.2, 0) is 9.59 Å². The van der Waals surface area contributed by atoms with Gasteiger partial charge in [0.2, 0.25) is 11.8 Å². The molecule has 1 heterocycles. The quantitative estimate of drug-likeness (QED) is 0.523. The van der Waals surface area contributed by atoms with Crippen LogP contribution in [0.4, 0.5) is 0 Å². The molecule has 0 radical (unpaired) electrons. The number of nitrogens with one attached hydrogen (secondary N) is 1. The minimum atomic E-state index is -0.212. The van der Waals surface area contributed by atoms with Gasteiger partial charge in [-0.2, -0.15) is 0 Å². The number of piperidine rings is 1. The molecule has 4 aliphatic rings. The first-order valence-electron chi connectivity index (χ1n) is 14.1. The van der Waals surface area contributed by atoms with Gasteiger partial charge in [-0.25, -0.2) is 0 Å². The molecule has 5 nitrogen and oxygen atoms in total. The average molecular weight is 493 g/mol. The number of carbonyl (C=O) groups is 3. The Morgan fingerprint density at radius 1 is 0.972 bits per heavy atom. The lowest BCUT2D eigenvalue weighted by Gasteiger charge is -2.61. The number of hydrogen-bond acceptors (Lipinski definition) is 3. The topological polar surface area (TPSA) is 66.5 Å². The van der Waals surface area contributed by atoms with Crippen LogP contribution in [0.2, 0.25) is 0 Å². The molecule has 1 aromatic carbocycles. The van der Waals surface area contributed by atoms with Gasteiger partial charge in [0.25, 0.3) is 5.91 Å². The van der Waals surface area contributed by atoms with Gasteiger partial charge in [0.15, 0.2) is 0 Å². The Labute approximate surface area is 216 Å². The molecule has 0 spiro atoms. The number of fused-ring (bicyclic) bond motifs is 5. The third-order valence-electron chi connectivity index (χ3n) is 10.6. The monoisotopic (exact) mass is 492 g/mol. The maximum absolute atomic E-state index is 13.6. The summed E-state index contributed by atoms with van der Waals surface area (Å²) in [7, 11) is 0. The highest BCUT2D eigenvalue weighted by Gasteiger charge is 2.63. The summed E-state index contributed by atoms with van der Waals surface area (Å²) in [5.74, 6) is 1.79. The Kier molecular flexibility index (Phi) is 6.16. The van der Waals surface area contributed by atoms with Crippen LogP contribution in [0, 0.1) is 41.4 Å². The smallest absolute Gasteiger partial charge is 0.260 e. The standard InChI is InChI=1S/C31H44N2O3/c1-19-8-7-9-20(18-19)28(36)33-25-13-10-21-22-11-12-24(27(35)32-29(2,3)4)30(22,5)16-14-23(21)31(25,6)17-15-26(33)34/h7-9,18,21-25H,10-17H2,1-6H3,(H,32,35)/t21-,22-,23-,24+,25+,30-,31+/m0/s1. The van der Waals surface area contributed by atoms with Crippen LogP contribution in [-0.4, -0.2) is 34.2 Å². The van der Waals surface area contributed by atoms with E-state index in [-0.39, 0.29) is 46.1 Å². The zero-order chi connectivity index (χ0) is 26.0. The predicted octanol–water partition coefficient (Wildman–Crippen LogP) is 5.90. The van der Waals surface area contributed by atoms with E-state index in [1.807, 2.05) is 31.2 Å². The number of likely N-dealkylation sites (tertiary alicyclic amines) is 1. The maximum Gasteiger partial charge on any atom is 0.260 e. The van der Waals surface area contributed by atoms with Gasteiger partial charge < -0.3 is 5.32 Å². The molecular weight excluding hydrogens is 448 g/mol. The number of aryl methyl sites for hydroxylation is 1. The van der Waals surface area contributed by atoms with Gasteiger partial charge >= 0.3 is 0 Å². The number of amides is 3. The van der Waals surface area contributed by atoms with Crippen molar-refractivity contribution in [1.29, 1.82) is 0 Å². The van der Waals surface area contributed by atoms with E-state index in [4.69, 9.17) is 0 Å². The van der Waals surface area contributed by atoms with Crippen molar-refractivity contribution in [3.05, 3.63) is 35.4 Å². The van der Waals surface area contributed by atoms with Gasteiger partial charge in [0, 0.05) is 29.5 Å². The Balaban J connectivity index is 1.40. The summed E-state index contributed by atoms with van der Waals surface area (Å²) in [5.41, 5.74) is 1.44. The zero-order valence-corrected chi connectivity index (χ0v) is 23.0. The molecule has 7 atom stereocenters. The van der Waals surface area contributed by atoms with Crippen LogP contribution in [0.25, 0.3) is 0 Å². The highest BCUT2D eigenvalue weighted by Crippen LogP contribution is 2.66. The number of carbonyl (C=O) groups excluding carboxylic acids is 3. The molecule has 3 amide bonds. The molecule has 3 aliphatic carbocycles. The van der Waals surface area contributed by atoms with E-state index < -0.39 is 0 Å². The predicted molar refractivity (Wildman–Crippen MR) is 141 cm³/mol. The maximum atomic E-state index is 13.6. The molecule has 1 aromatic rings. The molecule has 1 aliphatic heterocycles. The fraction of sp³-hybridized carbons (Fsp3) is 0.710. The fourth-order valence-electron chi connectivity index (χ4n) is 8.94. The van der Waals surface area contributed by atoms with Crippen LogP contribution in [0.3, 0.4) is 0 Å². The van der Waals surface area contributed by atoms with Crippen LogP contribution in [0.1, 0.15) is 102 Å². The number of rotatable bonds is 2. The van der Waals surface area contributed by atoms with Crippen molar-refractivity contribution >= 4 is 17.7 Å². The zero-order valence-electron chi connectivity index (χ0n) is 23.0. The Morgan fingerprint density at radius 2 is 1.69 bits per heavy atom. The van der Waals surface area contributed by atoms with Crippen molar-refractivity contribution in [3.63, 3.8) is 0 Å². The number of imide groups is 1. The van der Waals surface area contributed by atoms with E-state index in [2.05, 4.69) is 39.9 Å². The molecule has 5 rings (SSSR count). The molecule has 0 unspecified atom stereocenters. The summed E-state index contributed by atoms with van der Waals surface area (Å²) in [6.45, 7) is 12.9. The fourth-order valence-corrected chi connectivity index (χ4v) is 8.94. The first kappa shape index (κ1) is 25.5. The second-order valence-corrected chi connectivity index (χ2v) is 13.8. The van der Waals surface area contributed by atoms with Gasteiger partial charge in [-0.05, 0) is 113 Å². The summed E-state index contributed by atoms with van der Waals surface area (Å²) >= 11 is 0. The SMILES string of the molecule is Cc1cccc(C(=O)N2C(=O)CC[C@]3(C)[C@H]4CC[C@]5(C)[C@@H](C(=O)NC(C)(C)C)CC[C@H]5[C@@H]4CC[C@@H]23)c1. The van der Waals surface area contributed by atoms with Crippen molar-refractivity contribution in [2.75, 3.05) is 0 Å². The van der Waals surface area contributed by atoms with E-state index in [1.54, 1.807) is 4.90 Å². The molecule has 4 fully saturated rings. The highest BCUT2D eigenvalue weighted by molar-refractivity contribution is 6.05. The van der Waals surface area contributed by atoms with Crippen LogP contribution in [0.15, 0.2) is 24.3 Å². The molecular formula is C31H44N2O3. The van der Waals surface area contributed by atoms with Gasteiger partial charge in [0.05, 0.1) is 0 Å². The van der Waals surface area contributed by atoms with E-state index in [9.17, 15) is 14.4 Å². The van der Waals surface area contributed by atoms with Crippen molar-refractivity contribution in [2.24, 2.45) is 34.5 Å². The largest absolute Gasteiger partial charge is 0.351 e. The highest BCUT2D eigenvalue weighted by atomic mass is 16.2. The molecule has 1 N–H and O–H groups in total. The number of hydrogen-bond donors (Lipinski definition) is 1. The van der Waals surface area contributed by atoms with Crippen LogP contribution >= 0.6 is 0 Å². The van der Waals surface area contributed by atoms with Gasteiger partial charge in [-0.15, -0.1) is 0 Å². The average Bonchev–Trinajstić information content (AvgIpc) is 3.15. The van der Waals surface area contributed by atoms with Gasteiger partial charge in [-0.1, -0.05) is 31.5 Å². The Morgan fingerprint density at radius 3 is 2.39 bits per heavy atom. The van der Waals surface area contributed by atoms with E-state index >= 15 is 0 Å². The normalized spacial score (nSPS) is 38.1. The molecule has 5 heteroatoms.